The van der Waals surface area contributed by atoms with E-state index in [0.717, 1.165) is 18.4 Å². The van der Waals surface area contributed by atoms with Crippen LogP contribution in [0.4, 0.5) is 4.39 Å². The van der Waals surface area contributed by atoms with Crippen LogP contribution in [0.15, 0.2) is 46.9 Å². The molecule has 2 rings (SSSR count). The Labute approximate surface area is 133 Å². The minimum absolute atomic E-state index is 0.227. The van der Waals surface area contributed by atoms with Crippen molar-refractivity contribution in [3.8, 4) is 0 Å². The molecule has 1 atom stereocenters. The van der Waals surface area contributed by atoms with Crippen LogP contribution in [0.3, 0.4) is 0 Å². The van der Waals surface area contributed by atoms with E-state index in [-0.39, 0.29) is 5.82 Å². The van der Waals surface area contributed by atoms with Crippen molar-refractivity contribution in [2.24, 2.45) is 5.92 Å². The van der Waals surface area contributed by atoms with Crippen LogP contribution in [0.25, 0.3) is 0 Å². The van der Waals surface area contributed by atoms with Crippen LogP contribution in [0, 0.1) is 18.7 Å². The third kappa shape index (κ3) is 4.32. The zero-order chi connectivity index (χ0) is 14.5. The fourth-order valence-corrected chi connectivity index (χ4v) is 3.00. The van der Waals surface area contributed by atoms with Gasteiger partial charge in [0.1, 0.15) is 5.82 Å². The number of hydrogen-bond donors (Lipinski definition) is 0. The lowest BCUT2D eigenvalue weighted by atomic mass is 9.93. The Balaban J connectivity index is 2.07. The molecule has 0 N–H and O–H groups in total. The Morgan fingerprint density at radius 1 is 1.10 bits per heavy atom. The number of aryl methyl sites for hydroxylation is 1. The van der Waals surface area contributed by atoms with E-state index in [1.54, 1.807) is 0 Å². The molecular weight excluding hydrogens is 339 g/mol. The highest BCUT2D eigenvalue weighted by molar-refractivity contribution is 9.10. The lowest BCUT2D eigenvalue weighted by Gasteiger charge is -2.15. The molecule has 0 amide bonds. The van der Waals surface area contributed by atoms with Gasteiger partial charge in [0, 0.05) is 5.88 Å². The number of rotatable bonds is 5. The zero-order valence-corrected chi connectivity index (χ0v) is 13.7. The minimum atomic E-state index is -0.227. The minimum Gasteiger partial charge on any atom is -0.206 e. The molecule has 0 spiro atoms. The van der Waals surface area contributed by atoms with Gasteiger partial charge in [-0.3, -0.25) is 0 Å². The van der Waals surface area contributed by atoms with Crippen LogP contribution >= 0.6 is 27.5 Å². The van der Waals surface area contributed by atoms with Gasteiger partial charge in [-0.2, -0.15) is 0 Å². The highest BCUT2D eigenvalue weighted by Crippen LogP contribution is 2.21. The van der Waals surface area contributed by atoms with Gasteiger partial charge >= 0.3 is 0 Å². The number of alkyl halides is 1. The highest BCUT2D eigenvalue weighted by Gasteiger charge is 2.11. The first-order chi connectivity index (χ1) is 9.58. The monoisotopic (exact) mass is 354 g/mol. The molecule has 0 aliphatic rings. The van der Waals surface area contributed by atoms with Crippen LogP contribution in [-0.2, 0) is 12.8 Å². The maximum Gasteiger partial charge on any atom is 0.137 e. The zero-order valence-electron chi connectivity index (χ0n) is 11.4. The van der Waals surface area contributed by atoms with Gasteiger partial charge < -0.3 is 0 Å². The molecule has 3 heteroatoms. The van der Waals surface area contributed by atoms with E-state index in [4.69, 9.17) is 11.6 Å². The second-order valence-electron chi connectivity index (χ2n) is 5.17. The summed E-state index contributed by atoms with van der Waals surface area (Å²) in [6.45, 7) is 2.09. The summed E-state index contributed by atoms with van der Waals surface area (Å²) in [6.07, 6.45) is 1.80. The number of hydrogen-bond acceptors (Lipinski definition) is 0. The summed E-state index contributed by atoms with van der Waals surface area (Å²) < 4.78 is 13.7. The molecule has 0 heterocycles. The summed E-state index contributed by atoms with van der Waals surface area (Å²) in [6, 6.07) is 13.7. The third-order valence-corrected chi connectivity index (χ3v) is 4.38. The lowest BCUT2D eigenvalue weighted by Crippen LogP contribution is -2.10. The molecule has 0 nitrogen and oxygen atoms in total. The molecule has 0 fully saturated rings. The second-order valence-corrected chi connectivity index (χ2v) is 6.33. The van der Waals surface area contributed by atoms with Crippen LogP contribution in [-0.4, -0.2) is 5.88 Å². The van der Waals surface area contributed by atoms with Crippen molar-refractivity contribution >= 4 is 27.5 Å². The van der Waals surface area contributed by atoms with E-state index in [9.17, 15) is 4.39 Å². The molecule has 2 aromatic rings. The van der Waals surface area contributed by atoms with E-state index in [1.807, 2.05) is 12.1 Å². The van der Waals surface area contributed by atoms with Gasteiger partial charge in [-0.05, 0) is 64.9 Å². The van der Waals surface area contributed by atoms with Gasteiger partial charge in [0.25, 0.3) is 0 Å². The predicted octanol–water partition coefficient (Wildman–Crippen LogP) is 5.54. The standard InChI is InChI=1S/C17H17BrClF/c1-12-3-2-4-13(7-12)8-15(11-19)9-14-5-6-17(20)16(18)10-14/h2-7,10,15H,8-9,11H2,1H3. The molecule has 0 radical (unpaired) electrons. The van der Waals surface area contributed by atoms with Gasteiger partial charge in [-0.15, -0.1) is 11.6 Å². The number of benzene rings is 2. The molecule has 0 aromatic heterocycles. The van der Waals surface area contributed by atoms with Crippen molar-refractivity contribution in [3.63, 3.8) is 0 Å². The first kappa shape index (κ1) is 15.5. The van der Waals surface area contributed by atoms with Crippen LogP contribution < -0.4 is 0 Å². The number of halogens is 3. The summed E-state index contributed by atoms with van der Waals surface area (Å²) in [5.74, 6) is 0.730. The van der Waals surface area contributed by atoms with Crippen LogP contribution in [0.2, 0.25) is 0 Å². The Kier molecular flexibility index (Phi) is 5.62. The normalized spacial score (nSPS) is 12.4. The van der Waals surface area contributed by atoms with E-state index in [2.05, 4.69) is 47.1 Å². The third-order valence-electron chi connectivity index (χ3n) is 3.33. The maximum atomic E-state index is 13.2. The molecule has 1 unspecified atom stereocenters. The summed E-state index contributed by atoms with van der Waals surface area (Å²) in [4.78, 5) is 0. The van der Waals surface area contributed by atoms with Crippen LogP contribution in [0.5, 0.6) is 0 Å². The Hall–Kier alpha value is -0.860. The molecule has 2 aromatic carbocycles. The van der Waals surface area contributed by atoms with Gasteiger partial charge in [0.2, 0.25) is 0 Å². The average molecular weight is 356 g/mol. The molecule has 106 valence electrons. The Morgan fingerprint density at radius 3 is 2.40 bits per heavy atom. The SMILES string of the molecule is Cc1cccc(CC(CCl)Cc2ccc(F)c(Br)c2)c1. The first-order valence-corrected chi connectivity index (χ1v) is 7.96. The second kappa shape index (κ2) is 7.24. The van der Waals surface area contributed by atoms with Crippen molar-refractivity contribution < 1.29 is 4.39 Å². The Bertz CT molecular complexity index is 583. The van der Waals surface area contributed by atoms with Gasteiger partial charge in [-0.25, -0.2) is 4.39 Å². The fourth-order valence-electron chi connectivity index (χ4n) is 2.35. The van der Waals surface area contributed by atoms with E-state index in [0.29, 0.717) is 16.3 Å². The first-order valence-electron chi connectivity index (χ1n) is 6.64. The van der Waals surface area contributed by atoms with Gasteiger partial charge in [0.15, 0.2) is 0 Å². The molecule has 0 aliphatic heterocycles. The molecule has 20 heavy (non-hydrogen) atoms. The lowest BCUT2D eigenvalue weighted by molar-refractivity contribution is 0.580. The molecule has 0 saturated heterocycles. The summed E-state index contributed by atoms with van der Waals surface area (Å²) in [5, 5.41) is 0. The summed E-state index contributed by atoms with van der Waals surface area (Å²) >= 11 is 9.32. The summed E-state index contributed by atoms with van der Waals surface area (Å²) in [7, 11) is 0. The molecule has 0 bridgehead atoms. The smallest absolute Gasteiger partial charge is 0.137 e. The quantitative estimate of drug-likeness (QED) is 0.618. The predicted molar refractivity (Wildman–Crippen MR) is 86.9 cm³/mol. The topological polar surface area (TPSA) is 0 Å². The molecule has 0 aliphatic carbocycles. The van der Waals surface area contributed by atoms with E-state index in [1.165, 1.54) is 17.2 Å². The van der Waals surface area contributed by atoms with Crippen molar-refractivity contribution in [1.82, 2.24) is 0 Å². The highest BCUT2D eigenvalue weighted by atomic mass is 79.9. The summed E-state index contributed by atoms with van der Waals surface area (Å²) in [5.41, 5.74) is 3.67. The molecular formula is C17H17BrClF. The van der Waals surface area contributed by atoms with Gasteiger partial charge in [0.05, 0.1) is 4.47 Å². The van der Waals surface area contributed by atoms with Crippen LogP contribution in [0.1, 0.15) is 16.7 Å². The van der Waals surface area contributed by atoms with Crippen molar-refractivity contribution in [1.29, 1.82) is 0 Å². The largest absolute Gasteiger partial charge is 0.206 e. The van der Waals surface area contributed by atoms with Crippen molar-refractivity contribution in [2.75, 3.05) is 5.88 Å². The fraction of sp³-hybridized carbons (Fsp3) is 0.294. The average Bonchev–Trinajstić information content (AvgIpc) is 2.42. The van der Waals surface area contributed by atoms with Crippen molar-refractivity contribution in [2.45, 2.75) is 19.8 Å². The molecule has 0 saturated carbocycles. The van der Waals surface area contributed by atoms with Crippen molar-refractivity contribution in [3.05, 3.63) is 69.4 Å². The van der Waals surface area contributed by atoms with E-state index >= 15 is 0 Å². The van der Waals surface area contributed by atoms with E-state index < -0.39 is 0 Å². The van der Waals surface area contributed by atoms with Gasteiger partial charge in [-0.1, -0.05) is 35.9 Å². The maximum absolute atomic E-state index is 13.2. The Morgan fingerprint density at radius 2 is 1.80 bits per heavy atom.